The number of carboxylic acid groups (broad SMARTS) is 1. The molecule has 0 rings (SSSR count). The SMILES string of the molecule is CCCCCCC/C=C\C/C=C\C/C=C\CCCCCCCCCCCCCCCCCCCCC(=O)OC(COC(=O)CCCCCCCCCCCCC)COC(OCC[N+](C)(C)C)C(=O)O. The van der Waals surface area contributed by atoms with E-state index in [1.807, 2.05) is 21.1 Å². The Hall–Kier alpha value is -2.49. The van der Waals surface area contributed by atoms with Crippen LogP contribution in [0, 0.1) is 0 Å². The maximum Gasteiger partial charge on any atom is 0.361 e. The van der Waals surface area contributed by atoms with E-state index in [1.165, 1.54) is 193 Å². The van der Waals surface area contributed by atoms with Crippen molar-refractivity contribution in [1.82, 2.24) is 0 Å². The summed E-state index contributed by atoms with van der Waals surface area (Å²) in [6.45, 7) is 4.88. The third-order valence-corrected chi connectivity index (χ3v) is 12.9. The fourth-order valence-electron chi connectivity index (χ4n) is 8.38. The third-order valence-electron chi connectivity index (χ3n) is 12.9. The van der Waals surface area contributed by atoms with Crippen LogP contribution in [0.3, 0.4) is 0 Å². The number of rotatable bonds is 54. The van der Waals surface area contributed by atoms with Gasteiger partial charge >= 0.3 is 17.9 Å². The molecule has 0 aromatic rings. The Morgan fingerprint density at radius 2 is 0.783 bits per heavy atom. The van der Waals surface area contributed by atoms with Gasteiger partial charge in [0, 0.05) is 12.8 Å². The Labute approximate surface area is 426 Å². The monoisotopic (exact) mass is 975 g/mol. The quantitative estimate of drug-likeness (QED) is 0.0211. The summed E-state index contributed by atoms with van der Waals surface area (Å²) >= 11 is 0. The molecule has 0 heterocycles. The molecule has 0 aliphatic rings. The molecule has 0 fully saturated rings. The first-order valence-corrected chi connectivity index (χ1v) is 29.2. The first-order valence-electron chi connectivity index (χ1n) is 29.2. The number of hydrogen-bond donors (Lipinski definition) is 1. The summed E-state index contributed by atoms with van der Waals surface area (Å²) in [4.78, 5) is 37.3. The minimum Gasteiger partial charge on any atom is -0.477 e. The zero-order chi connectivity index (χ0) is 50.6. The third kappa shape index (κ3) is 53.1. The van der Waals surface area contributed by atoms with Gasteiger partial charge in [-0.3, -0.25) is 9.59 Å². The fraction of sp³-hybridized carbons (Fsp3) is 0.850. The van der Waals surface area contributed by atoms with Crippen LogP contribution in [0.15, 0.2) is 36.5 Å². The number of esters is 2. The van der Waals surface area contributed by atoms with Crippen LogP contribution in [0.1, 0.15) is 271 Å². The molecule has 0 saturated heterocycles. The van der Waals surface area contributed by atoms with Crippen molar-refractivity contribution in [2.24, 2.45) is 0 Å². The molecule has 9 heteroatoms. The second-order valence-corrected chi connectivity index (χ2v) is 21.0. The van der Waals surface area contributed by atoms with Gasteiger partial charge < -0.3 is 28.5 Å². The van der Waals surface area contributed by atoms with Gasteiger partial charge in [-0.25, -0.2) is 4.79 Å². The number of unbranched alkanes of at least 4 members (excludes halogenated alkanes) is 33. The Bertz CT molecular complexity index is 1230. The van der Waals surface area contributed by atoms with Crippen molar-refractivity contribution < 1.29 is 42.9 Å². The lowest BCUT2D eigenvalue weighted by atomic mass is 10.0. The van der Waals surface area contributed by atoms with Crippen molar-refractivity contribution in [1.29, 1.82) is 0 Å². The number of quaternary nitrogens is 1. The van der Waals surface area contributed by atoms with Crippen molar-refractivity contribution in [2.45, 2.75) is 283 Å². The Balaban J connectivity index is 4.03. The molecule has 0 amide bonds. The lowest BCUT2D eigenvalue weighted by Gasteiger charge is -2.25. The number of carboxylic acids is 1. The van der Waals surface area contributed by atoms with E-state index in [0.29, 0.717) is 17.4 Å². The molecular formula is C60H112NO8+. The van der Waals surface area contributed by atoms with E-state index in [2.05, 4.69) is 50.3 Å². The van der Waals surface area contributed by atoms with E-state index < -0.39 is 24.3 Å². The molecular weight excluding hydrogens is 863 g/mol. The first-order chi connectivity index (χ1) is 33.6. The second-order valence-electron chi connectivity index (χ2n) is 21.0. The normalized spacial score (nSPS) is 13.0. The maximum atomic E-state index is 12.8. The summed E-state index contributed by atoms with van der Waals surface area (Å²) in [5.74, 6) is -1.99. The molecule has 69 heavy (non-hydrogen) atoms. The number of carbonyl (C=O) groups is 3. The van der Waals surface area contributed by atoms with Crippen molar-refractivity contribution in [3.05, 3.63) is 36.5 Å². The van der Waals surface area contributed by atoms with Crippen LogP contribution in [0.5, 0.6) is 0 Å². The molecule has 0 aliphatic heterocycles. The van der Waals surface area contributed by atoms with Crippen LogP contribution in [0.4, 0.5) is 0 Å². The second kappa shape index (κ2) is 51.9. The Morgan fingerprint density at radius 3 is 1.16 bits per heavy atom. The molecule has 0 bridgehead atoms. The smallest absolute Gasteiger partial charge is 0.361 e. The summed E-state index contributed by atoms with van der Waals surface area (Å²) in [5, 5.41) is 9.67. The summed E-state index contributed by atoms with van der Waals surface area (Å²) in [5.41, 5.74) is 0. The summed E-state index contributed by atoms with van der Waals surface area (Å²) in [6, 6.07) is 0. The fourth-order valence-corrected chi connectivity index (χ4v) is 8.38. The molecule has 0 spiro atoms. The summed E-state index contributed by atoms with van der Waals surface area (Å²) in [6.07, 6.45) is 59.5. The van der Waals surface area contributed by atoms with Crippen molar-refractivity contribution in [2.75, 3.05) is 47.5 Å². The number of carbonyl (C=O) groups excluding carboxylic acids is 2. The number of hydrogen-bond acceptors (Lipinski definition) is 7. The number of allylic oxidation sites excluding steroid dienone is 6. The number of ether oxygens (including phenoxy) is 4. The van der Waals surface area contributed by atoms with E-state index >= 15 is 0 Å². The first kappa shape index (κ1) is 66.5. The lowest BCUT2D eigenvalue weighted by molar-refractivity contribution is -0.870. The molecule has 0 aliphatic carbocycles. The lowest BCUT2D eigenvalue weighted by Crippen LogP contribution is -2.40. The van der Waals surface area contributed by atoms with Gasteiger partial charge in [-0.1, -0.05) is 243 Å². The van der Waals surface area contributed by atoms with Gasteiger partial charge in [0.2, 0.25) is 0 Å². The van der Waals surface area contributed by atoms with E-state index in [4.69, 9.17) is 18.9 Å². The van der Waals surface area contributed by atoms with Crippen LogP contribution >= 0.6 is 0 Å². The maximum absolute atomic E-state index is 12.8. The van der Waals surface area contributed by atoms with Gasteiger partial charge in [-0.15, -0.1) is 0 Å². The van der Waals surface area contributed by atoms with Gasteiger partial charge in [-0.05, 0) is 51.4 Å². The number of nitrogens with zero attached hydrogens (tertiary/aromatic N) is 1. The van der Waals surface area contributed by atoms with Crippen molar-refractivity contribution in [3.8, 4) is 0 Å². The largest absolute Gasteiger partial charge is 0.477 e. The molecule has 0 aromatic carbocycles. The zero-order valence-corrected chi connectivity index (χ0v) is 46.0. The van der Waals surface area contributed by atoms with E-state index in [-0.39, 0.29) is 32.2 Å². The molecule has 2 atom stereocenters. The van der Waals surface area contributed by atoms with Crippen molar-refractivity contribution in [3.63, 3.8) is 0 Å². The molecule has 0 saturated carbocycles. The van der Waals surface area contributed by atoms with Crippen LogP contribution < -0.4 is 0 Å². The highest BCUT2D eigenvalue weighted by atomic mass is 16.7. The number of likely N-dealkylation sites (N-methyl/N-ethyl adjacent to an activating group) is 1. The van der Waals surface area contributed by atoms with E-state index in [9.17, 15) is 19.5 Å². The molecule has 9 nitrogen and oxygen atoms in total. The minimum absolute atomic E-state index is 0.177. The molecule has 0 aromatic heterocycles. The highest BCUT2D eigenvalue weighted by molar-refractivity contribution is 5.71. The van der Waals surface area contributed by atoms with Crippen LogP contribution in [0.25, 0.3) is 0 Å². The molecule has 0 radical (unpaired) electrons. The van der Waals surface area contributed by atoms with Gasteiger partial charge in [0.1, 0.15) is 13.2 Å². The topological polar surface area (TPSA) is 108 Å². The zero-order valence-electron chi connectivity index (χ0n) is 46.0. The molecule has 404 valence electrons. The summed E-state index contributed by atoms with van der Waals surface area (Å²) < 4.78 is 22.8. The average molecular weight is 976 g/mol. The Morgan fingerprint density at radius 1 is 0.435 bits per heavy atom. The van der Waals surface area contributed by atoms with E-state index in [1.54, 1.807) is 0 Å². The predicted octanol–water partition coefficient (Wildman–Crippen LogP) is 16.9. The average Bonchev–Trinajstić information content (AvgIpc) is 3.31. The minimum atomic E-state index is -1.51. The number of aliphatic carboxylic acids is 1. The van der Waals surface area contributed by atoms with Crippen molar-refractivity contribution >= 4 is 17.9 Å². The highest BCUT2D eigenvalue weighted by Crippen LogP contribution is 2.17. The molecule has 1 N–H and O–H groups in total. The Kier molecular flexibility index (Phi) is 50.0. The standard InChI is InChI=1S/C60H111NO8/c1-6-8-10-12-14-16-18-19-20-21-22-23-24-25-26-27-28-29-30-31-32-33-34-35-36-37-38-39-41-43-45-47-49-51-58(63)69-56(55-68-60(59(64)65)66-53-52-61(3,4)5)54-67-57(62)50-48-46-44-42-40-17-15-13-11-9-7-2/h18-19,21-22,24-25,56,60H,6-17,20,23,26-55H2,1-5H3/p+1/b19-18-,22-21-,25-24-. The van der Waals surface area contributed by atoms with Crippen LogP contribution in [0.2, 0.25) is 0 Å². The van der Waals surface area contributed by atoms with Gasteiger partial charge in [0.15, 0.2) is 6.10 Å². The van der Waals surface area contributed by atoms with Gasteiger partial charge in [0.25, 0.3) is 6.29 Å². The predicted molar refractivity (Wildman–Crippen MR) is 291 cm³/mol. The highest BCUT2D eigenvalue weighted by Gasteiger charge is 2.25. The van der Waals surface area contributed by atoms with Crippen LogP contribution in [-0.4, -0.2) is 87.4 Å². The van der Waals surface area contributed by atoms with Crippen LogP contribution in [-0.2, 0) is 33.3 Å². The van der Waals surface area contributed by atoms with E-state index in [0.717, 1.165) is 51.4 Å². The van der Waals surface area contributed by atoms with Gasteiger partial charge in [-0.2, -0.15) is 0 Å². The van der Waals surface area contributed by atoms with Gasteiger partial charge in [0.05, 0.1) is 34.4 Å². The molecule has 2 unspecified atom stereocenters. The summed E-state index contributed by atoms with van der Waals surface area (Å²) in [7, 11) is 5.97.